The van der Waals surface area contributed by atoms with Crippen molar-refractivity contribution in [3.63, 3.8) is 0 Å². The molecule has 0 radical (unpaired) electrons. The number of carbonyl (C=O) groups is 2. The Labute approximate surface area is 148 Å². The van der Waals surface area contributed by atoms with Gasteiger partial charge in [-0.3, -0.25) is 14.9 Å². The van der Waals surface area contributed by atoms with Crippen molar-refractivity contribution in [1.29, 1.82) is 0 Å². The first-order chi connectivity index (χ1) is 11.6. The van der Waals surface area contributed by atoms with E-state index in [0.717, 1.165) is 11.8 Å². The number of thioether (sulfide) groups is 1. The monoisotopic (exact) mass is 359 g/mol. The van der Waals surface area contributed by atoms with Crippen LogP contribution in [0.3, 0.4) is 0 Å². The molecule has 1 N–H and O–H groups in total. The van der Waals surface area contributed by atoms with Gasteiger partial charge in [0.2, 0.25) is 0 Å². The Kier molecular flexibility index (Phi) is 4.92. The molecule has 0 spiro atoms. The van der Waals surface area contributed by atoms with Crippen LogP contribution in [0.4, 0.5) is 4.79 Å². The molecular weight excluding hydrogens is 346 g/mol. The van der Waals surface area contributed by atoms with Crippen LogP contribution in [0.1, 0.15) is 12.5 Å². The number of rotatable bonds is 3. The highest BCUT2D eigenvalue weighted by molar-refractivity contribution is 8.18. The van der Waals surface area contributed by atoms with E-state index in [0.29, 0.717) is 23.0 Å². The van der Waals surface area contributed by atoms with Gasteiger partial charge in [-0.25, -0.2) is 0 Å². The molecule has 1 heterocycles. The normalized spacial score (nSPS) is 16.1. The number of nitrogens with one attached hydrogen (secondary N) is 1. The molecule has 0 unspecified atom stereocenters. The van der Waals surface area contributed by atoms with Gasteiger partial charge in [-0.15, -0.1) is 0 Å². The number of imide groups is 1. The molecule has 0 bridgehead atoms. The van der Waals surface area contributed by atoms with E-state index in [9.17, 15) is 9.59 Å². The molecule has 1 fully saturated rings. The molecule has 1 aromatic rings. The fraction of sp³-hybridized carbons (Fsp3) is 0.111. The summed E-state index contributed by atoms with van der Waals surface area (Å²) in [5.74, 6) is -0.0539. The molecule has 0 atom stereocenters. The number of ether oxygens (including phenoxy) is 1. The Bertz CT molecular complexity index is 809. The fourth-order valence-corrected chi connectivity index (χ4v) is 3.11. The molecule has 24 heavy (non-hydrogen) atoms. The number of hydrogen-bond acceptors (Lipinski definition) is 4. The Hall–Kier alpha value is -2.24. The third-order valence-electron chi connectivity index (χ3n) is 3.42. The molecule has 3 aliphatic rings. The predicted octanol–water partition coefficient (Wildman–Crippen LogP) is 4.70. The third kappa shape index (κ3) is 3.47. The maximum Gasteiger partial charge on any atom is 0.291 e. The zero-order chi connectivity index (χ0) is 17.1. The smallest absolute Gasteiger partial charge is 0.291 e. The highest BCUT2D eigenvalue weighted by Crippen LogP contribution is 2.33. The molecule has 1 saturated heterocycles. The van der Waals surface area contributed by atoms with E-state index in [-0.39, 0.29) is 4.91 Å². The van der Waals surface area contributed by atoms with Gasteiger partial charge in [0.25, 0.3) is 11.1 Å². The first-order valence-electron chi connectivity index (χ1n) is 7.35. The first-order valence-corrected chi connectivity index (χ1v) is 8.54. The molecule has 4 rings (SSSR count). The minimum atomic E-state index is -0.437. The second-order valence-corrected chi connectivity index (χ2v) is 6.44. The molecule has 1 aromatic carbocycles. The molecule has 2 aliphatic carbocycles. The summed E-state index contributed by atoms with van der Waals surface area (Å²) in [7, 11) is 0. The van der Waals surface area contributed by atoms with E-state index in [2.05, 4.69) is 29.6 Å². The number of fused-ring (bicyclic) bond motifs is 1. The summed E-state index contributed by atoms with van der Waals surface area (Å²) in [5, 5.41) is 2.35. The molecule has 0 saturated carbocycles. The summed E-state index contributed by atoms with van der Waals surface area (Å²) < 4.78 is 5.47. The number of carbonyl (C=O) groups excluding carboxylic acids is 2. The molecular formula is C18H14ClNO3S. The summed E-state index contributed by atoms with van der Waals surface area (Å²) in [5.41, 5.74) is 3.53. The number of benzene rings is 2. The Balaban J connectivity index is 0.000000231. The van der Waals surface area contributed by atoms with Crippen molar-refractivity contribution >= 4 is 40.3 Å². The second-order valence-electron chi connectivity index (χ2n) is 5.02. The number of amides is 2. The lowest BCUT2D eigenvalue weighted by Gasteiger charge is -2.10. The van der Waals surface area contributed by atoms with Crippen molar-refractivity contribution in [2.24, 2.45) is 0 Å². The van der Waals surface area contributed by atoms with Crippen molar-refractivity contribution in [1.82, 2.24) is 5.32 Å². The van der Waals surface area contributed by atoms with Crippen LogP contribution in [0.25, 0.3) is 16.9 Å². The minimum absolute atomic E-state index is 0.268. The Morgan fingerprint density at radius 1 is 1.12 bits per heavy atom. The van der Waals surface area contributed by atoms with E-state index >= 15 is 0 Å². The average Bonchev–Trinajstić information content (AvgIpc) is 2.87. The maximum absolute atomic E-state index is 11.6. The molecule has 122 valence electrons. The predicted molar refractivity (Wildman–Crippen MR) is 96.6 cm³/mol. The molecule has 0 aromatic heterocycles. The zero-order valence-corrected chi connectivity index (χ0v) is 14.4. The lowest BCUT2D eigenvalue weighted by Crippen LogP contribution is -2.18. The van der Waals surface area contributed by atoms with Crippen LogP contribution in [0.15, 0.2) is 53.4 Å². The summed E-state index contributed by atoms with van der Waals surface area (Å²) in [4.78, 5) is 23.1. The van der Waals surface area contributed by atoms with Gasteiger partial charge < -0.3 is 4.74 Å². The average molecular weight is 360 g/mol. The van der Waals surface area contributed by atoms with Crippen LogP contribution in [-0.2, 0) is 9.53 Å². The summed E-state index contributed by atoms with van der Waals surface area (Å²) in [6.45, 7) is 2.21. The highest BCUT2D eigenvalue weighted by atomic mass is 35.5. The minimum Gasteiger partial charge on any atom is -0.492 e. The van der Waals surface area contributed by atoms with Crippen molar-refractivity contribution in [2.45, 2.75) is 6.92 Å². The Morgan fingerprint density at radius 2 is 1.79 bits per heavy atom. The summed E-state index contributed by atoms with van der Waals surface area (Å²) in [6, 6.07) is 15.4. The van der Waals surface area contributed by atoms with Crippen LogP contribution in [0.2, 0.25) is 5.02 Å². The van der Waals surface area contributed by atoms with Crippen LogP contribution in [0, 0.1) is 0 Å². The van der Waals surface area contributed by atoms with E-state index < -0.39 is 11.1 Å². The largest absolute Gasteiger partial charge is 0.492 e. The maximum atomic E-state index is 11.6. The van der Waals surface area contributed by atoms with Gasteiger partial charge in [-0.1, -0.05) is 48.0 Å². The third-order valence-corrected chi connectivity index (χ3v) is 4.51. The molecule has 6 heteroatoms. The molecule has 1 aliphatic heterocycles. The number of halogens is 1. The van der Waals surface area contributed by atoms with Gasteiger partial charge >= 0.3 is 0 Å². The Morgan fingerprint density at radius 3 is 2.21 bits per heavy atom. The SMILES string of the molecule is CCOC(=C1SC(=O)NC1=O)c1cccc(Cl)c1.c1cc2ccc1-2. The lowest BCUT2D eigenvalue weighted by atomic mass is 9.95. The van der Waals surface area contributed by atoms with E-state index in [1.807, 2.05) is 6.92 Å². The van der Waals surface area contributed by atoms with Crippen LogP contribution in [0.5, 0.6) is 0 Å². The van der Waals surface area contributed by atoms with Gasteiger partial charge in [-0.05, 0) is 41.9 Å². The van der Waals surface area contributed by atoms with Crippen molar-refractivity contribution in [3.8, 4) is 11.1 Å². The lowest BCUT2D eigenvalue weighted by molar-refractivity contribution is -0.115. The van der Waals surface area contributed by atoms with E-state index in [1.54, 1.807) is 24.3 Å². The standard InChI is InChI=1S/C12H10ClNO3S.C6H4/c1-2-17-9(7-4-3-5-8(13)6-7)10-11(15)14-12(16)18-10;1-2-6-4-3-5(1)6/h3-6H,2H2,1H3,(H,14,15,16);1-4H. The fourth-order valence-electron chi connectivity index (χ4n) is 2.18. The topological polar surface area (TPSA) is 55.4 Å². The first kappa shape index (κ1) is 16.6. The summed E-state index contributed by atoms with van der Waals surface area (Å²) >= 11 is 6.74. The zero-order valence-electron chi connectivity index (χ0n) is 12.8. The molecule has 4 nitrogen and oxygen atoms in total. The second kappa shape index (κ2) is 7.11. The molecule has 2 amide bonds. The highest BCUT2D eigenvalue weighted by Gasteiger charge is 2.30. The van der Waals surface area contributed by atoms with Crippen LogP contribution >= 0.6 is 23.4 Å². The van der Waals surface area contributed by atoms with Crippen molar-refractivity contribution in [2.75, 3.05) is 6.61 Å². The van der Waals surface area contributed by atoms with Gasteiger partial charge in [0.15, 0.2) is 0 Å². The summed E-state index contributed by atoms with van der Waals surface area (Å²) in [6.07, 6.45) is 0. The number of hydrogen-bond donors (Lipinski definition) is 1. The van der Waals surface area contributed by atoms with Crippen LogP contribution < -0.4 is 5.32 Å². The van der Waals surface area contributed by atoms with Gasteiger partial charge in [0.1, 0.15) is 10.7 Å². The van der Waals surface area contributed by atoms with Gasteiger partial charge in [0.05, 0.1) is 6.61 Å². The van der Waals surface area contributed by atoms with Gasteiger partial charge in [-0.2, -0.15) is 0 Å². The van der Waals surface area contributed by atoms with Crippen LogP contribution in [-0.4, -0.2) is 17.8 Å². The van der Waals surface area contributed by atoms with E-state index in [1.165, 1.54) is 11.1 Å². The quantitative estimate of drug-likeness (QED) is 0.544. The van der Waals surface area contributed by atoms with Gasteiger partial charge in [0, 0.05) is 10.6 Å². The van der Waals surface area contributed by atoms with Crippen molar-refractivity contribution < 1.29 is 14.3 Å². The van der Waals surface area contributed by atoms with E-state index in [4.69, 9.17) is 16.3 Å². The van der Waals surface area contributed by atoms with Crippen molar-refractivity contribution in [3.05, 3.63) is 64.0 Å².